The SMILES string of the molecule is CN(Cc1ccc(F)cc1)CC1CCCOC1CN=c1c(C#N)c(N)n(C)c(=S)n1C. The summed E-state index contributed by atoms with van der Waals surface area (Å²) in [6.07, 6.45) is 2.00. The number of halogens is 1. The van der Waals surface area contributed by atoms with Gasteiger partial charge in [0, 0.05) is 33.8 Å². The summed E-state index contributed by atoms with van der Waals surface area (Å²) in [5.74, 6) is 0.388. The number of nitrogen functional groups attached to an aromatic ring is 1. The van der Waals surface area contributed by atoms with Crippen LogP contribution in [0, 0.1) is 27.8 Å². The van der Waals surface area contributed by atoms with E-state index in [9.17, 15) is 9.65 Å². The summed E-state index contributed by atoms with van der Waals surface area (Å²) in [5, 5.41) is 9.59. The Morgan fingerprint density at radius 3 is 2.71 bits per heavy atom. The number of hydrogen-bond donors (Lipinski definition) is 1. The Hall–Kier alpha value is -2.54. The second-order valence-corrected chi connectivity index (χ2v) is 8.44. The van der Waals surface area contributed by atoms with Gasteiger partial charge in [-0.3, -0.25) is 4.99 Å². The normalized spacial score (nSPS) is 19.5. The van der Waals surface area contributed by atoms with E-state index in [-0.39, 0.29) is 11.9 Å². The molecule has 0 saturated carbocycles. The van der Waals surface area contributed by atoms with Gasteiger partial charge in [-0.25, -0.2) is 4.39 Å². The van der Waals surface area contributed by atoms with Crippen molar-refractivity contribution in [1.82, 2.24) is 14.0 Å². The largest absolute Gasteiger partial charge is 0.384 e. The van der Waals surface area contributed by atoms with Crippen LogP contribution in [0.2, 0.25) is 0 Å². The van der Waals surface area contributed by atoms with E-state index in [1.54, 1.807) is 23.2 Å². The van der Waals surface area contributed by atoms with Gasteiger partial charge in [-0.05, 0) is 55.7 Å². The predicted octanol–water partition coefficient (Wildman–Crippen LogP) is 2.51. The van der Waals surface area contributed by atoms with Crippen molar-refractivity contribution in [2.24, 2.45) is 25.0 Å². The highest BCUT2D eigenvalue weighted by molar-refractivity contribution is 7.71. The van der Waals surface area contributed by atoms with E-state index in [4.69, 9.17) is 27.7 Å². The third-order valence-electron chi connectivity index (χ3n) is 5.75. The molecule has 2 unspecified atom stereocenters. The fraction of sp³-hybridized carbons (Fsp3) is 0.500. The second kappa shape index (κ2) is 10.2. The quantitative estimate of drug-likeness (QED) is 0.692. The topological polar surface area (TPSA) is 84.5 Å². The molecule has 1 aliphatic rings. The second-order valence-electron chi connectivity index (χ2n) is 8.07. The molecule has 2 heterocycles. The summed E-state index contributed by atoms with van der Waals surface area (Å²) in [7, 11) is 5.58. The lowest BCUT2D eigenvalue weighted by Crippen LogP contribution is -2.40. The van der Waals surface area contributed by atoms with Crippen molar-refractivity contribution in [3.8, 4) is 6.07 Å². The van der Waals surface area contributed by atoms with Crippen LogP contribution in [0.25, 0.3) is 0 Å². The number of nitrogens with zero attached hydrogens (tertiary/aromatic N) is 5. The molecule has 2 atom stereocenters. The van der Waals surface area contributed by atoms with Crippen LogP contribution in [-0.2, 0) is 25.4 Å². The Morgan fingerprint density at radius 2 is 2.03 bits per heavy atom. The third kappa shape index (κ3) is 5.39. The average Bonchev–Trinajstić information content (AvgIpc) is 2.76. The fourth-order valence-corrected chi connectivity index (χ4v) is 4.20. The van der Waals surface area contributed by atoms with Gasteiger partial charge in [-0.15, -0.1) is 0 Å². The molecule has 0 bridgehead atoms. The van der Waals surface area contributed by atoms with Crippen LogP contribution in [0.5, 0.6) is 0 Å². The Labute approximate surface area is 187 Å². The maximum atomic E-state index is 13.1. The monoisotopic (exact) mass is 444 g/mol. The van der Waals surface area contributed by atoms with E-state index in [1.165, 1.54) is 12.1 Å². The number of ether oxygens (including phenoxy) is 1. The van der Waals surface area contributed by atoms with E-state index in [1.807, 2.05) is 12.1 Å². The molecule has 1 saturated heterocycles. The van der Waals surface area contributed by atoms with Crippen molar-refractivity contribution in [2.45, 2.75) is 25.5 Å². The molecule has 2 aromatic rings. The third-order valence-corrected chi connectivity index (χ3v) is 6.30. The summed E-state index contributed by atoms with van der Waals surface area (Å²) in [4.78, 5) is 6.93. The highest BCUT2D eigenvalue weighted by atomic mass is 32.1. The number of nitrogens with two attached hydrogens (primary N) is 1. The van der Waals surface area contributed by atoms with Gasteiger partial charge >= 0.3 is 0 Å². The summed E-state index contributed by atoms with van der Waals surface area (Å²) < 4.78 is 23.0. The zero-order chi connectivity index (χ0) is 22.5. The van der Waals surface area contributed by atoms with Gasteiger partial charge < -0.3 is 24.5 Å². The van der Waals surface area contributed by atoms with Gasteiger partial charge in [0.1, 0.15) is 23.3 Å². The van der Waals surface area contributed by atoms with Crippen molar-refractivity contribution < 1.29 is 9.13 Å². The minimum absolute atomic E-state index is 0.0558. The van der Waals surface area contributed by atoms with Crippen molar-refractivity contribution in [3.63, 3.8) is 0 Å². The molecular formula is C22H29FN6OS. The van der Waals surface area contributed by atoms with Crippen LogP contribution >= 0.6 is 12.2 Å². The molecule has 9 heteroatoms. The van der Waals surface area contributed by atoms with E-state index in [0.717, 1.165) is 31.5 Å². The first kappa shape index (κ1) is 23.1. The van der Waals surface area contributed by atoms with Gasteiger partial charge in [0.05, 0.1) is 12.6 Å². The van der Waals surface area contributed by atoms with E-state index < -0.39 is 0 Å². The molecular weight excluding hydrogens is 415 g/mol. The predicted molar refractivity (Wildman–Crippen MR) is 120 cm³/mol. The van der Waals surface area contributed by atoms with Crippen molar-refractivity contribution >= 4 is 18.0 Å². The van der Waals surface area contributed by atoms with Crippen LogP contribution < -0.4 is 11.2 Å². The standard InChI is InChI=1S/C22H29FN6OS/c1-27(13-15-6-8-17(23)9-7-15)14-16-5-4-10-30-19(16)12-26-21-18(11-24)20(25)28(2)22(31)29(21)3/h6-9,16,19H,4-5,10,12-14,25H2,1-3H3. The zero-order valence-corrected chi connectivity index (χ0v) is 19.0. The molecule has 0 aliphatic carbocycles. The number of nitriles is 1. The lowest BCUT2D eigenvalue weighted by molar-refractivity contribution is -0.0298. The van der Waals surface area contributed by atoms with E-state index in [0.29, 0.717) is 40.7 Å². The summed E-state index contributed by atoms with van der Waals surface area (Å²) >= 11 is 5.41. The van der Waals surface area contributed by atoms with E-state index in [2.05, 4.69) is 18.0 Å². The smallest absolute Gasteiger partial charge is 0.182 e. The lowest BCUT2D eigenvalue weighted by Gasteiger charge is -2.33. The van der Waals surface area contributed by atoms with Crippen LogP contribution in [-0.4, -0.2) is 46.9 Å². The number of rotatable bonds is 6. The van der Waals surface area contributed by atoms with Crippen LogP contribution in [0.1, 0.15) is 24.0 Å². The zero-order valence-electron chi connectivity index (χ0n) is 18.2. The van der Waals surface area contributed by atoms with Gasteiger partial charge in [0.2, 0.25) is 0 Å². The molecule has 1 aromatic carbocycles. The molecule has 166 valence electrons. The summed E-state index contributed by atoms with van der Waals surface area (Å²) in [6.45, 7) is 2.71. The minimum atomic E-state index is -0.226. The molecule has 2 N–H and O–H groups in total. The molecule has 1 aromatic heterocycles. The fourth-order valence-electron chi connectivity index (χ4n) is 4.02. The first-order valence-electron chi connectivity index (χ1n) is 10.3. The Morgan fingerprint density at radius 1 is 1.32 bits per heavy atom. The first-order valence-corrected chi connectivity index (χ1v) is 10.7. The first-order chi connectivity index (χ1) is 14.8. The molecule has 1 aliphatic heterocycles. The molecule has 0 radical (unpaired) electrons. The van der Waals surface area contributed by atoms with Crippen LogP contribution in [0.3, 0.4) is 0 Å². The highest BCUT2D eigenvalue weighted by Crippen LogP contribution is 2.23. The maximum absolute atomic E-state index is 13.1. The Balaban J connectivity index is 1.77. The molecule has 3 rings (SSSR count). The van der Waals surface area contributed by atoms with Gasteiger partial charge in [-0.1, -0.05) is 12.1 Å². The Kier molecular flexibility index (Phi) is 7.59. The summed E-state index contributed by atoms with van der Waals surface area (Å²) in [5.41, 5.74) is 7.96. The number of aromatic nitrogens is 2. The average molecular weight is 445 g/mol. The molecule has 0 spiro atoms. The number of anilines is 1. The van der Waals surface area contributed by atoms with Crippen molar-refractivity contribution in [3.05, 3.63) is 51.5 Å². The lowest BCUT2D eigenvalue weighted by atomic mass is 9.93. The highest BCUT2D eigenvalue weighted by Gasteiger charge is 2.27. The Bertz CT molecular complexity index is 1090. The van der Waals surface area contributed by atoms with Crippen molar-refractivity contribution in [2.75, 3.05) is 32.5 Å². The van der Waals surface area contributed by atoms with E-state index >= 15 is 0 Å². The number of hydrogen-bond acceptors (Lipinski definition) is 6. The van der Waals surface area contributed by atoms with Gasteiger partial charge in [0.15, 0.2) is 10.3 Å². The molecule has 1 fully saturated rings. The van der Waals surface area contributed by atoms with Gasteiger partial charge in [-0.2, -0.15) is 5.26 Å². The van der Waals surface area contributed by atoms with Crippen LogP contribution in [0.4, 0.5) is 10.2 Å². The molecule has 7 nitrogen and oxygen atoms in total. The summed E-state index contributed by atoms with van der Waals surface area (Å²) in [6, 6.07) is 8.75. The minimum Gasteiger partial charge on any atom is -0.384 e. The molecule has 31 heavy (non-hydrogen) atoms. The van der Waals surface area contributed by atoms with Gasteiger partial charge in [0.25, 0.3) is 0 Å². The molecule has 0 amide bonds. The van der Waals surface area contributed by atoms with Crippen LogP contribution in [0.15, 0.2) is 29.3 Å². The number of benzene rings is 1. The van der Waals surface area contributed by atoms with Crippen molar-refractivity contribution in [1.29, 1.82) is 5.26 Å². The maximum Gasteiger partial charge on any atom is 0.182 e.